The molecule has 1 N–H and O–H groups in total. The fraction of sp³-hybridized carbons (Fsp3) is 0.467. The molecule has 0 saturated heterocycles. The summed E-state index contributed by atoms with van der Waals surface area (Å²) < 4.78 is 12.0. The highest BCUT2D eigenvalue weighted by atomic mass is 79.9. The Balaban J connectivity index is 0.00000242. The van der Waals surface area contributed by atoms with Gasteiger partial charge in [-0.2, -0.15) is 4.98 Å². The van der Waals surface area contributed by atoms with Crippen molar-refractivity contribution in [2.45, 2.75) is 39.3 Å². The Hall–Kier alpha value is -1.11. The number of nitrogens with one attached hydrogen (secondary N) is 1. The molecule has 1 atom stereocenters. The number of rotatable bonds is 6. The second kappa shape index (κ2) is 8.50. The zero-order valence-electron chi connectivity index (χ0n) is 13.1. The Bertz CT molecular complexity index is 604. The standard InChI is InChI=1S/C15H20BrN3O2.ClH/c1-9(2)20-13-7-11(6-12(16)8-13)15-18-14(19-21-15)5-10(3)17-4;/h6-10,17H,5H2,1-4H3;1H. The van der Waals surface area contributed by atoms with E-state index in [2.05, 4.69) is 38.3 Å². The highest BCUT2D eigenvalue weighted by Gasteiger charge is 2.13. The van der Waals surface area contributed by atoms with Gasteiger partial charge in [0.15, 0.2) is 5.82 Å². The first-order valence-corrected chi connectivity index (χ1v) is 7.74. The van der Waals surface area contributed by atoms with Crippen molar-refractivity contribution in [3.05, 3.63) is 28.5 Å². The number of hydrogen-bond acceptors (Lipinski definition) is 5. The van der Waals surface area contributed by atoms with E-state index in [1.165, 1.54) is 0 Å². The van der Waals surface area contributed by atoms with Crippen LogP contribution in [0.25, 0.3) is 11.5 Å². The molecule has 0 aliphatic carbocycles. The van der Waals surface area contributed by atoms with Crippen LogP contribution in [0.15, 0.2) is 27.2 Å². The lowest BCUT2D eigenvalue weighted by molar-refractivity contribution is 0.242. The number of likely N-dealkylation sites (N-methyl/N-ethyl adjacent to an activating group) is 1. The summed E-state index contributed by atoms with van der Waals surface area (Å²) in [7, 11) is 1.91. The maximum absolute atomic E-state index is 5.72. The quantitative estimate of drug-likeness (QED) is 0.811. The van der Waals surface area contributed by atoms with Crippen molar-refractivity contribution < 1.29 is 9.26 Å². The van der Waals surface area contributed by atoms with E-state index in [-0.39, 0.29) is 18.5 Å². The van der Waals surface area contributed by atoms with Gasteiger partial charge in [-0.3, -0.25) is 0 Å². The van der Waals surface area contributed by atoms with Crippen LogP contribution in [0.1, 0.15) is 26.6 Å². The van der Waals surface area contributed by atoms with Gasteiger partial charge < -0.3 is 14.6 Å². The maximum atomic E-state index is 5.72. The molecule has 0 fully saturated rings. The van der Waals surface area contributed by atoms with Crippen molar-refractivity contribution in [1.29, 1.82) is 0 Å². The molecule has 1 heterocycles. The van der Waals surface area contributed by atoms with Crippen molar-refractivity contribution in [2.75, 3.05) is 7.05 Å². The van der Waals surface area contributed by atoms with Crippen LogP contribution in [0, 0.1) is 0 Å². The maximum Gasteiger partial charge on any atom is 0.258 e. The van der Waals surface area contributed by atoms with E-state index in [1.807, 2.05) is 39.1 Å². The summed E-state index contributed by atoms with van der Waals surface area (Å²) in [5.74, 6) is 1.97. The van der Waals surface area contributed by atoms with Gasteiger partial charge in [-0.25, -0.2) is 0 Å². The number of hydrogen-bond donors (Lipinski definition) is 1. The van der Waals surface area contributed by atoms with Gasteiger partial charge in [-0.05, 0) is 46.0 Å². The monoisotopic (exact) mass is 389 g/mol. The zero-order valence-corrected chi connectivity index (χ0v) is 15.5. The molecule has 7 heteroatoms. The van der Waals surface area contributed by atoms with E-state index >= 15 is 0 Å². The highest BCUT2D eigenvalue weighted by molar-refractivity contribution is 9.10. The molecule has 0 aliphatic rings. The lowest BCUT2D eigenvalue weighted by Gasteiger charge is -2.10. The van der Waals surface area contributed by atoms with Crippen molar-refractivity contribution in [3.63, 3.8) is 0 Å². The number of nitrogens with zero attached hydrogens (tertiary/aromatic N) is 2. The van der Waals surface area contributed by atoms with Crippen molar-refractivity contribution >= 4 is 28.3 Å². The minimum absolute atomic E-state index is 0. The van der Waals surface area contributed by atoms with E-state index in [4.69, 9.17) is 9.26 Å². The molecule has 1 aromatic heterocycles. The molecule has 22 heavy (non-hydrogen) atoms. The molecular weight excluding hydrogens is 370 g/mol. The molecular formula is C15H21BrClN3O2. The molecule has 5 nitrogen and oxygen atoms in total. The first-order chi connectivity index (χ1) is 9.97. The van der Waals surface area contributed by atoms with Gasteiger partial charge in [0.25, 0.3) is 5.89 Å². The number of ether oxygens (including phenoxy) is 1. The summed E-state index contributed by atoms with van der Waals surface area (Å²) in [6, 6.07) is 6.07. The second-order valence-electron chi connectivity index (χ2n) is 5.25. The number of benzene rings is 1. The summed E-state index contributed by atoms with van der Waals surface area (Å²) in [4.78, 5) is 4.44. The van der Waals surface area contributed by atoms with E-state index in [0.717, 1.165) is 22.2 Å². The Kier molecular flexibility index (Phi) is 7.32. The number of halogens is 2. The van der Waals surface area contributed by atoms with Crippen LogP contribution in [0.3, 0.4) is 0 Å². The Morgan fingerprint density at radius 2 is 2.00 bits per heavy atom. The average Bonchev–Trinajstić information content (AvgIpc) is 2.85. The van der Waals surface area contributed by atoms with Crippen LogP contribution in [0.5, 0.6) is 5.75 Å². The minimum atomic E-state index is 0. The van der Waals surface area contributed by atoms with E-state index in [9.17, 15) is 0 Å². The van der Waals surface area contributed by atoms with Crippen LogP contribution >= 0.6 is 28.3 Å². The van der Waals surface area contributed by atoms with Crippen LogP contribution in [0.4, 0.5) is 0 Å². The normalized spacial score (nSPS) is 12.1. The molecule has 0 radical (unpaired) electrons. The summed E-state index contributed by atoms with van der Waals surface area (Å²) >= 11 is 3.48. The molecule has 2 aromatic rings. The van der Waals surface area contributed by atoms with Gasteiger partial charge in [0.1, 0.15) is 5.75 Å². The average molecular weight is 391 g/mol. The Morgan fingerprint density at radius 3 is 2.64 bits per heavy atom. The molecule has 0 saturated carbocycles. The van der Waals surface area contributed by atoms with Crippen LogP contribution in [0.2, 0.25) is 0 Å². The van der Waals surface area contributed by atoms with Crippen LogP contribution in [-0.4, -0.2) is 29.3 Å². The van der Waals surface area contributed by atoms with E-state index in [1.54, 1.807) is 0 Å². The molecule has 122 valence electrons. The number of aromatic nitrogens is 2. The predicted molar refractivity (Wildman–Crippen MR) is 92.7 cm³/mol. The SMILES string of the molecule is CNC(C)Cc1noc(-c2cc(Br)cc(OC(C)C)c2)n1.Cl. The molecule has 2 rings (SSSR count). The lowest BCUT2D eigenvalue weighted by atomic mass is 10.2. The Labute approximate surface area is 145 Å². The third-order valence-corrected chi connectivity index (χ3v) is 3.40. The Morgan fingerprint density at radius 1 is 1.27 bits per heavy atom. The summed E-state index contributed by atoms with van der Waals surface area (Å²) in [6.07, 6.45) is 0.838. The second-order valence-corrected chi connectivity index (χ2v) is 6.17. The first kappa shape index (κ1) is 18.9. The van der Waals surface area contributed by atoms with Gasteiger partial charge >= 0.3 is 0 Å². The highest BCUT2D eigenvalue weighted by Crippen LogP contribution is 2.28. The molecule has 0 amide bonds. The molecule has 1 aromatic carbocycles. The molecule has 0 aliphatic heterocycles. The zero-order chi connectivity index (χ0) is 15.4. The van der Waals surface area contributed by atoms with Crippen molar-refractivity contribution in [3.8, 4) is 17.2 Å². The fourth-order valence-corrected chi connectivity index (χ4v) is 2.33. The van der Waals surface area contributed by atoms with Crippen LogP contribution in [-0.2, 0) is 6.42 Å². The minimum Gasteiger partial charge on any atom is -0.491 e. The smallest absolute Gasteiger partial charge is 0.258 e. The predicted octanol–water partition coefficient (Wildman–Crippen LogP) is 3.86. The largest absolute Gasteiger partial charge is 0.491 e. The van der Waals surface area contributed by atoms with Crippen molar-refractivity contribution in [1.82, 2.24) is 15.5 Å². The first-order valence-electron chi connectivity index (χ1n) is 6.95. The summed E-state index contributed by atoms with van der Waals surface area (Å²) in [5.41, 5.74) is 0.843. The van der Waals surface area contributed by atoms with Crippen molar-refractivity contribution in [2.24, 2.45) is 0 Å². The fourth-order valence-electron chi connectivity index (χ4n) is 1.86. The van der Waals surface area contributed by atoms with Gasteiger partial charge in [-0.15, -0.1) is 12.4 Å². The third kappa shape index (κ3) is 5.26. The van der Waals surface area contributed by atoms with E-state index in [0.29, 0.717) is 17.8 Å². The van der Waals surface area contributed by atoms with Gasteiger partial charge in [-0.1, -0.05) is 21.1 Å². The molecule has 0 bridgehead atoms. The van der Waals surface area contributed by atoms with Gasteiger partial charge in [0.2, 0.25) is 0 Å². The van der Waals surface area contributed by atoms with Gasteiger partial charge in [0.05, 0.1) is 6.10 Å². The van der Waals surface area contributed by atoms with Crippen LogP contribution < -0.4 is 10.1 Å². The third-order valence-electron chi connectivity index (χ3n) is 2.94. The summed E-state index contributed by atoms with van der Waals surface area (Å²) in [6.45, 7) is 6.05. The molecule has 1 unspecified atom stereocenters. The topological polar surface area (TPSA) is 60.2 Å². The summed E-state index contributed by atoms with van der Waals surface area (Å²) in [5, 5.41) is 7.17. The van der Waals surface area contributed by atoms with Gasteiger partial charge in [0, 0.05) is 22.5 Å². The lowest BCUT2D eigenvalue weighted by Crippen LogP contribution is -2.24. The van der Waals surface area contributed by atoms with E-state index < -0.39 is 0 Å². The molecule has 0 spiro atoms.